The van der Waals surface area contributed by atoms with Crippen LogP contribution in [0.3, 0.4) is 0 Å². The first-order chi connectivity index (χ1) is 17.9. The van der Waals surface area contributed by atoms with Crippen molar-refractivity contribution in [2.24, 2.45) is 11.8 Å². The van der Waals surface area contributed by atoms with E-state index >= 15 is 0 Å². The van der Waals surface area contributed by atoms with E-state index in [4.69, 9.17) is 4.74 Å². The Morgan fingerprint density at radius 1 is 0.946 bits per heavy atom. The number of anilines is 2. The topological polar surface area (TPSA) is 79.5 Å². The van der Waals surface area contributed by atoms with Crippen LogP contribution >= 0.6 is 0 Å². The van der Waals surface area contributed by atoms with Gasteiger partial charge in [0.15, 0.2) is 11.4 Å². The second kappa shape index (κ2) is 11.1. The minimum atomic E-state index is -0.934. The van der Waals surface area contributed by atoms with Crippen molar-refractivity contribution >= 4 is 23.1 Å². The quantitative estimate of drug-likeness (QED) is 0.366. The van der Waals surface area contributed by atoms with Crippen molar-refractivity contribution in [3.8, 4) is 5.75 Å². The monoisotopic (exact) mass is 507 g/mol. The van der Waals surface area contributed by atoms with Gasteiger partial charge in [-0.3, -0.25) is 9.59 Å². The Hall–Kier alpha value is -3.09. The molecule has 1 heterocycles. The minimum Gasteiger partial charge on any atom is -0.489 e. The van der Waals surface area contributed by atoms with Crippen molar-refractivity contribution in [3.05, 3.63) is 53.8 Å². The smallest absolute Gasteiger partial charge is 0.228 e. The van der Waals surface area contributed by atoms with E-state index < -0.39 is 11.6 Å². The van der Waals surface area contributed by atoms with Crippen molar-refractivity contribution in [2.45, 2.75) is 82.8 Å². The van der Waals surface area contributed by atoms with Gasteiger partial charge < -0.3 is 20.7 Å². The van der Waals surface area contributed by atoms with Gasteiger partial charge in [0.05, 0.1) is 17.3 Å². The molecule has 6 nitrogen and oxygen atoms in total. The molecule has 198 valence electrons. The standard InChI is InChI=1S/C30H38FN3O3/c1-20(35)21-12-15-25(16-13-21)37-19-30(33-26-17-14-23(31)18-27(26)34-30)28(22-8-4-2-5-9-22)29(36)32-24-10-6-3-7-11-24/h12-18,22,24,28,33-34H,2-11,19H2,1H3,(H,32,36). The van der Waals surface area contributed by atoms with Crippen molar-refractivity contribution in [2.75, 3.05) is 17.2 Å². The van der Waals surface area contributed by atoms with Crippen LogP contribution in [0.15, 0.2) is 42.5 Å². The maximum atomic E-state index is 14.2. The zero-order valence-corrected chi connectivity index (χ0v) is 21.7. The maximum absolute atomic E-state index is 14.2. The first-order valence-corrected chi connectivity index (χ1v) is 13.8. The Kier molecular flexibility index (Phi) is 7.68. The van der Waals surface area contributed by atoms with Crippen LogP contribution in [-0.4, -0.2) is 30.0 Å². The number of hydrogen-bond acceptors (Lipinski definition) is 5. The van der Waals surface area contributed by atoms with Crippen LogP contribution in [0.2, 0.25) is 0 Å². The molecule has 0 bridgehead atoms. The maximum Gasteiger partial charge on any atom is 0.228 e. The lowest BCUT2D eigenvalue weighted by Crippen LogP contribution is -2.61. The molecule has 2 aromatic carbocycles. The van der Waals surface area contributed by atoms with Crippen molar-refractivity contribution < 1.29 is 18.7 Å². The first-order valence-electron chi connectivity index (χ1n) is 13.8. The third-order valence-corrected chi connectivity index (χ3v) is 8.31. The van der Waals surface area contributed by atoms with E-state index in [1.165, 1.54) is 31.9 Å². The molecule has 0 aromatic heterocycles. The molecule has 3 aliphatic rings. The fourth-order valence-electron chi connectivity index (χ4n) is 6.39. The van der Waals surface area contributed by atoms with E-state index in [0.29, 0.717) is 17.0 Å². The Labute approximate surface area is 218 Å². The normalized spacial score (nSPS) is 22.9. The molecule has 1 aliphatic heterocycles. The number of carbonyl (C=O) groups is 2. The highest BCUT2D eigenvalue weighted by molar-refractivity contribution is 5.94. The number of halogens is 1. The summed E-state index contributed by atoms with van der Waals surface area (Å²) in [6.45, 7) is 1.70. The van der Waals surface area contributed by atoms with Crippen molar-refractivity contribution in [3.63, 3.8) is 0 Å². The van der Waals surface area contributed by atoms with Crippen LogP contribution in [0.25, 0.3) is 0 Å². The number of Topliss-reactive ketones (excluding diaryl/α,β-unsaturated/α-hetero) is 1. The van der Waals surface area contributed by atoms with Crippen molar-refractivity contribution in [1.82, 2.24) is 5.32 Å². The number of hydrogen-bond donors (Lipinski definition) is 3. The highest BCUT2D eigenvalue weighted by atomic mass is 19.1. The molecule has 7 heteroatoms. The van der Waals surface area contributed by atoms with Gasteiger partial charge in [0, 0.05) is 11.6 Å². The molecule has 0 saturated heterocycles. The van der Waals surface area contributed by atoms with E-state index in [1.807, 2.05) is 0 Å². The van der Waals surface area contributed by atoms with Gasteiger partial charge in [-0.1, -0.05) is 38.5 Å². The van der Waals surface area contributed by atoms with E-state index in [0.717, 1.165) is 57.1 Å². The largest absolute Gasteiger partial charge is 0.489 e. The molecule has 0 spiro atoms. The Morgan fingerprint density at radius 2 is 1.59 bits per heavy atom. The number of nitrogens with one attached hydrogen (secondary N) is 3. The predicted octanol–water partition coefficient (Wildman–Crippen LogP) is 6.29. The minimum absolute atomic E-state index is 0.00336. The second-order valence-corrected chi connectivity index (χ2v) is 11.0. The summed E-state index contributed by atoms with van der Waals surface area (Å²) in [6.07, 6.45) is 10.9. The number of amides is 1. The van der Waals surface area contributed by atoms with Gasteiger partial charge in [-0.25, -0.2) is 4.39 Å². The van der Waals surface area contributed by atoms with Crippen LogP contribution in [-0.2, 0) is 4.79 Å². The molecule has 2 aromatic rings. The SMILES string of the molecule is CC(=O)c1ccc(OCC2(C(C(=O)NC3CCCCC3)C3CCCCC3)Nc3ccc(F)cc3N2)cc1. The average molecular weight is 508 g/mol. The molecule has 1 amide bonds. The number of fused-ring (bicyclic) bond motifs is 1. The summed E-state index contributed by atoms with van der Waals surface area (Å²) in [7, 11) is 0. The molecule has 0 radical (unpaired) electrons. The molecule has 2 saturated carbocycles. The van der Waals surface area contributed by atoms with Crippen LogP contribution in [0, 0.1) is 17.7 Å². The van der Waals surface area contributed by atoms with Crippen LogP contribution in [0.1, 0.15) is 81.5 Å². The lowest BCUT2D eigenvalue weighted by molar-refractivity contribution is -0.130. The fraction of sp³-hybridized carbons (Fsp3) is 0.533. The molecule has 5 rings (SSSR count). The predicted molar refractivity (Wildman–Crippen MR) is 143 cm³/mol. The van der Waals surface area contributed by atoms with Gasteiger partial charge >= 0.3 is 0 Å². The molecule has 37 heavy (non-hydrogen) atoms. The molecule has 2 atom stereocenters. The number of ketones is 1. The summed E-state index contributed by atoms with van der Waals surface area (Å²) in [5.74, 6) is 0.108. The van der Waals surface area contributed by atoms with E-state index in [2.05, 4.69) is 16.0 Å². The summed E-state index contributed by atoms with van der Waals surface area (Å²) >= 11 is 0. The number of carbonyl (C=O) groups excluding carboxylic acids is 2. The van der Waals surface area contributed by atoms with Crippen molar-refractivity contribution in [1.29, 1.82) is 0 Å². The lowest BCUT2D eigenvalue weighted by atomic mass is 9.73. The van der Waals surface area contributed by atoms with Gasteiger partial charge in [-0.05, 0) is 81.0 Å². The zero-order chi connectivity index (χ0) is 25.8. The Morgan fingerprint density at radius 3 is 2.27 bits per heavy atom. The molecule has 2 fully saturated rings. The van der Waals surface area contributed by atoms with Gasteiger partial charge in [0.25, 0.3) is 0 Å². The molecule has 2 unspecified atom stereocenters. The molecular formula is C30H38FN3O3. The average Bonchev–Trinajstić information content (AvgIpc) is 3.27. The Balaban J connectivity index is 1.46. The van der Waals surface area contributed by atoms with E-state index in [9.17, 15) is 14.0 Å². The van der Waals surface area contributed by atoms with Crippen LogP contribution in [0.5, 0.6) is 5.75 Å². The van der Waals surface area contributed by atoms with E-state index in [-0.39, 0.29) is 36.1 Å². The summed E-state index contributed by atoms with van der Waals surface area (Å²) in [5, 5.41) is 10.5. The third-order valence-electron chi connectivity index (χ3n) is 8.31. The molecular weight excluding hydrogens is 469 g/mol. The third kappa shape index (κ3) is 5.76. The molecule has 2 aliphatic carbocycles. The summed E-state index contributed by atoms with van der Waals surface area (Å²) in [6, 6.07) is 11.9. The fourth-order valence-corrected chi connectivity index (χ4v) is 6.39. The Bertz CT molecular complexity index is 1110. The second-order valence-electron chi connectivity index (χ2n) is 11.0. The van der Waals surface area contributed by atoms with Gasteiger partial charge in [-0.15, -0.1) is 0 Å². The number of benzene rings is 2. The van der Waals surface area contributed by atoms with Crippen LogP contribution in [0.4, 0.5) is 15.8 Å². The number of rotatable bonds is 8. The summed E-state index contributed by atoms with van der Waals surface area (Å²) < 4.78 is 20.5. The molecule has 3 N–H and O–H groups in total. The summed E-state index contributed by atoms with van der Waals surface area (Å²) in [5.41, 5.74) is 1.09. The number of ether oxygens (including phenoxy) is 1. The highest BCUT2D eigenvalue weighted by Gasteiger charge is 2.51. The van der Waals surface area contributed by atoms with Gasteiger partial charge in [0.1, 0.15) is 18.2 Å². The van der Waals surface area contributed by atoms with Crippen LogP contribution < -0.4 is 20.7 Å². The summed E-state index contributed by atoms with van der Waals surface area (Å²) in [4.78, 5) is 25.8. The lowest BCUT2D eigenvalue weighted by Gasteiger charge is -2.43. The highest BCUT2D eigenvalue weighted by Crippen LogP contribution is 2.44. The van der Waals surface area contributed by atoms with Gasteiger partial charge in [0.2, 0.25) is 5.91 Å². The first kappa shape index (κ1) is 25.6. The zero-order valence-electron chi connectivity index (χ0n) is 21.7. The van der Waals surface area contributed by atoms with E-state index in [1.54, 1.807) is 30.3 Å². The van der Waals surface area contributed by atoms with Gasteiger partial charge in [-0.2, -0.15) is 0 Å².